The van der Waals surface area contributed by atoms with Crippen LogP contribution in [0.3, 0.4) is 0 Å². The summed E-state index contributed by atoms with van der Waals surface area (Å²) in [6.07, 6.45) is 21.0. The SMILES string of the molecule is CCCCc1cc(/C=N/[C@@H]2CCCC[C@H]2/N=C/c2cc(CCCC)cc(CCCC)c2O)c(O)c(CCCC)c1. The summed E-state index contributed by atoms with van der Waals surface area (Å²) >= 11 is 0. The van der Waals surface area contributed by atoms with Gasteiger partial charge in [0.2, 0.25) is 0 Å². The van der Waals surface area contributed by atoms with Gasteiger partial charge in [-0.05, 0) is 98.6 Å². The van der Waals surface area contributed by atoms with E-state index in [1.165, 1.54) is 11.1 Å². The van der Waals surface area contributed by atoms with Gasteiger partial charge in [-0.15, -0.1) is 0 Å². The minimum absolute atomic E-state index is 0.0905. The number of rotatable bonds is 16. The Morgan fingerprint density at radius 1 is 0.600 bits per heavy atom. The van der Waals surface area contributed by atoms with Gasteiger partial charge >= 0.3 is 0 Å². The van der Waals surface area contributed by atoms with Crippen LogP contribution in [-0.4, -0.2) is 34.7 Å². The fourth-order valence-corrected chi connectivity index (χ4v) is 5.73. The van der Waals surface area contributed by atoms with Crippen molar-refractivity contribution in [2.75, 3.05) is 0 Å². The summed E-state index contributed by atoms with van der Waals surface area (Å²) in [4.78, 5) is 10.1. The number of aryl methyl sites for hydroxylation is 4. The highest BCUT2D eigenvalue weighted by molar-refractivity contribution is 5.85. The molecule has 0 bridgehead atoms. The molecule has 2 N–H and O–H groups in total. The van der Waals surface area contributed by atoms with Gasteiger partial charge in [0, 0.05) is 23.6 Å². The van der Waals surface area contributed by atoms with Crippen LogP contribution >= 0.6 is 0 Å². The van der Waals surface area contributed by atoms with Crippen molar-refractivity contribution in [1.82, 2.24) is 0 Å². The highest BCUT2D eigenvalue weighted by Gasteiger charge is 2.24. The largest absolute Gasteiger partial charge is 0.507 e. The number of benzene rings is 2. The van der Waals surface area contributed by atoms with E-state index < -0.39 is 0 Å². The van der Waals surface area contributed by atoms with Gasteiger partial charge in [-0.3, -0.25) is 9.98 Å². The Morgan fingerprint density at radius 3 is 1.35 bits per heavy atom. The van der Waals surface area contributed by atoms with Gasteiger partial charge in [-0.2, -0.15) is 0 Å². The molecule has 1 fully saturated rings. The van der Waals surface area contributed by atoms with E-state index >= 15 is 0 Å². The van der Waals surface area contributed by atoms with E-state index in [9.17, 15) is 10.2 Å². The van der Waals surface area contributed by atoms with Crippen LogP contribution in [0.25, 0.3) is 0 Å². The average molecular weight is 547 g/mol. The van der Waals surface area contributed by atoms with Gasteiger partial charge in [-0.25, -0.2) is 0 Å². The summed E-state index contributed by atoms with van der Waals surface area (Å²) in [5.41, 5.74) is 6.37. The third-order valence-electron chi connectivity index (χ3n) is 8.30. The Morgan fingerprint density at radius 2 is 0.975 bits per heavy atom. The van der Waals surface area contributed by atoms with Gasteiger partial charge in [0.15, 0.2) is 0 Å². The van der Waals surface area contributed by atoms with Crippen LogP contribution in [0.1, 0.15) is 138 Å². The lowest BCUT2D eigenvalue weighted by atomic mass is 9.91. The second-order valence-corrected chi connectivity index (χ2v) is 11.8. The standard InChI is InChI=1S/C36H54N2O2/c1-5-9-15-27-21-29(17-11-7-3)35(39)31(23-27)25-37-33-19-13-14-20-34(33)38-26-32-24-28(16-10-6-2)22-30(36(32)40)18-12-8-4/h21-26,33-34,39-40H,5-20H2,1-4H3/b37-25+,38-26+/t33-,34-/m1/s1. The fourth-order valence-electron chi connectivity index (χ4n) is 5.73. The van der Waals surface area contributed by atoms with Gasteiger partial charge in [0.25, 0.3) is 0 Å². The molecule has 0 saturated heterocycles. The number of aromatic hydroxyl groups is 2. The van der Waals surface area contributed by atoms with E-state index in [-0.39, 0.29) is 12.1 Å². The predicted molar refractivity (Wildman–Crippen MR) is 172 cm³/mol. The number of nitrogens with zero attached hydrogens (tertiary/aromatic N) is 2. The first-order valence-corrected chi connectivity index (χ1v) is 16.3. The maximum atomic E-state index is 11.1. The molecular weight excluding hydrogens is 492 g/mol. The van der Waals surface area contributed by atoms with Crippen LogP contribution in [0.2, 0.25) is 0 Å². The molecule has 40 heavy (non-hydrogen) atoms. The molecule has 1 aliphatic carbocycles. The number of hydrogen-bond donors (Lipinski definition) is 2. The normalized spacial score (nSPS) is 17.8. The molecule has 0 unspecified atom stereocenters. The highest BCUT2D eigenvalue weighted by atomic mass is 16.3. The number of phenolic OH excluding ortho intramolecular Hbond substituents is 2. The molecule has 220 valence electrons. The zero-order chi connectivity index (χ0) is 28.7. The molecule has 2 aromatic carbocycles. The number of phenols is 2. The molecule has 1 saturated carbocycles. The molecule has 0 aromatic heterocycles. The lowest BCUT2D eigenvalue weighted by Gasteiger charge is -2.25. The molecule has 1 aliphatic rings. The quantitative estimate of drug-likeness (QED) is 0.206. The zero-order valence-corrected chi connectivity index (χ0v) is 25.7. The Bertz CT molecular complexity index is 1020. The van der Waals surface area contributed by atoms with E-state index in [4.69, 9.17) is 9.98 Å². The molecule has 0 radical (unpaired) electrons. The van der Waals surface area contributed by atoms with Crippen molar-refractivity contribution in [3.63, 3.8) is 0 Å². The third kappa shape index (κ3) is 9.49. The maximum Gasteiger partial charge on any atom is 0.127 e. The first-order chi connectivity index (χ1) is 19.5. The summed E-state index contributed by atoms with van der Waals surface area (Å²) in [7, 11) is 0. The number of unbranched alkanes of at least 4 members (excludes halogenated alkanes) is 4. The van der Waals surface area contributed by atoms with E-state index in [1.54, 1.807) is 0 Å². The topological polar surface area (TPSA) is 65.2 Å². The molecule has 2 aromatic rings. The Hall–Kier alpha value is -2.62. The Labute approximate surface area is 244 Å². The van der Waals surface area contributed by atoms with Crippen LogP contribution in [0, 0.1) is 0 Å². The summed E-state index contributed by atoms with van der Waals surface area (Å²) in [6, 6.07) is 8.83. The van der Waals surface area contributed by atoms with Gasteiger partial charge in [0.1, 0.15) is 11.5 Å². The summed E-state index contributed by atoms with van der Waals surface area (Å²) in [6.45, 7) is 8.82. The van der Waals surface area contributed by atoms with Crippen molar-refractivity contribution in [3.05, 3.63) is 57.6 Å². The van der Waals surface area contributed by atoms with Crippen molar-refractivity contribution >= 4 is 12.4 Å². The minimum Gasteiger partial charge on any atom is -0.507 e. The molecule has 0 spiro atoms. The molecule has 0 amide bonds. The second kappa shape index (κ2) is 17.3. The van der Waals surface area contributed by atoms with Crippen molar-refractivity contribution in [2.24, 2.45) is 9.98 Å². The first kappa shape index (κ1) is 31.9. The van der Waals surface area contributed by atoms with Crippen molar-refractivity contribution in [2.45, 2.75) is 143 Å². The van der Waals surface area contributed by atoms with E-state index in [2.05, 4.69) is 52.0 Å². The van der Waals surface area contributed by atoms with Crippen molar-refractivity contribution < 1.29 is 10.2 Å². The fraction of sp³-hybridized carbons (Fsp3) is 0.611. The van der Waals surface area contributed by atoms with E-state index in [1.807, 2.05) is 12.4 Å². The molecule has 4 nitrogen and oxygen atoms in total. The number of aliphatic imine (C=N–C) groups is 2. The minimum atomic E-state index is 0.0905. The predicted octanol–water partition coefficient (Wildman–Crippen LogP) is 9.32. The van der Waals surface area contributed by atoms with E-state index in [0.29, 0.717) is 11.5 Å². The van der Waals surface area contributed by atoms with E-state index in [0.717, 1.165) is 125 Å². The average Bonchev–Trinajstić information content (AvgIpc) is 2.97. The lowest BCUT2D eigenvalue weighted by molar-refractivity contribution is 0.390. The van der Waals surface area contributed by atoms with Crippen molar-refractivity contribution in [3.8, 4) is 11.5 Å². The monoisotopic (exact) mass is 546 g/mol. The zero-order valence-electron chi connectivity index (χ0n) is 25.7. The third-order valence-corrected chi connectivity index (χ3v) is 8.30. The Balaban J connectivity index is 1.85. The summed E-state index contributed by atoms with van der Waals surface area (Å²) in [5, 5.41) is 22.1. The number of hydrogen-bond acceptors (Lipinski definition) is 4. The molecule has 4 heteroatoms. The molecule has 3 rings (SSSR count). The van der Waals surface area contributed by atoms with Crippen LogP contribution in [-0.2, 0) is 25.7 Å². The Kier molecular flexibility index (Phi) is 13.8. The smallest absolute Gasteiger partial charge is 0.127 e. The van der Waals surface area contributed by atoms with Gasteiger partial charge < -0.3 is 10.2 Å². The maximum absolute atomic E-state index is 11.1. The van der Waals surface area contributed by atoms with Crippen LogP contribution in [0.5, 0.6) is 11.5 Å². The van der Waals surface area contributed by atoms with Gasteiger partial charge in [0.05, 0.1) is 12.1 Å². The second-order valence-electron chi connectivity index (χ2n) is 11.8. The molecular formula is C36H54N2O2. The first-order valence-electron chi connectivity index (χ1n) is 16.3. The summed E-state index contributed by atoms with van der Waals surface area (Å²) < 4.78 is 0. The molecule has 2 atom stereocenters. The molecule has 0 heterocycles. The van der Waals surface area contributed by atoms with Gasteiger partial charge in [-0.1, -0.05) is 78.4 Å². The highest BCUT2D eigenvalue weighted by Crippen LogP contribution is 2.30. The van der Waals surface area contributed by atoms with Crippen LogP contribution in [0.4, 0.5) is 0 Å². The lowest BCUT2D eigenvalue weighted by Crippen LogP contribution is -2.27. The molecule has 0 aliphatic heterocycles. The van der Waals surface area contributed by atoms with Crippen LogP contribution < -0.4 is 0 Å². The van der Waals surface area contributed by atoms with Crippen molar-refractivity contribution in [1.29, 1.82) is 0 Å². The summed E-state index contributed by atoms with van der Waals surface area (Å²) in [5.74, 6) is 0.781. The van der Waals surface area contributed by atoms with Crippen LogP contribution in [0.15, 0.2) is 34.3 Å².